The van der Waals surface area contributed by atoms with Gasteiger partial charge in [-0.25, -0.2) is 0 Å². The average Bonchev–Trinajstić information content (AvgIpc) is 2.58. The van der Waals surface area contributed by atoms with E-state index in [1.807, 2.05) is 6.08 Å². The maximum absolute atomic E-state index is 10.4. The van der Waals surface area contributed by atoms with E-state index in [-0.39, 0.29) is 0 Å². The Labute approximate surface area is 156 Å². The van der Waals surface area contributed by atoms with Crippen molar-refractivity contribution in [1.82, 2.24) is 0 Å². The van der Waals surface area contributed by atoms with Gasteiger partial charge in [0.1, 0.15) is 0 Å². The summed E-state index contributed by atoms with van der Waals surface area (Å²) in [5, 5.41) is 19.9. The summed E-state index contributed by atoms with van der Waals surface area (Å²) in [7, 11) is 0. The van der Waals surface area contributed by atoms with Gasteiger partial charge in [0.2, 0.25) is 0 Å². The minimum absolute atomic E-state index is 0.297. The molecule has 0 saturated heterocycles. The molecular weight excluding hydrogens is 308 g/mol. The first-order valence-electron chi connectivity index (χ1n) is 11.0. The second-order valence-electron chi connectivity index (χ2n) is 8.00. The van der Waals surface area contributed by atoms with Crippen LogP contribution in [0.5, 0.6) is 0 Å². The Bertz CT molecular complexity index is 372. The van der Waals surface area contributed by atoms with Crippen molar-refractivity contribution in [2.75, 3.05) is 0 Å². The Morgan fingerprint density at radius 3 is 1.64 bits per heavy atom. The first-order chi connectivity index (χ1) is 12.2. The second kappa shape index (κ2) is 14.4. The minimum atomic E-state index is -0.810. The van der Waals surface area contributed by atoms with Gasteiger partial charge in [-0.2, -0.15) is 0 Å². The highest BCUT2D eigenvalue weighted by Crippen LogP contribution is 2.27. The molecule has 0 aromatic rings. The number of unbranched alkanes of at least 4 members (excludes halogenated alkanes) is 14. The summed E-state index contributed by atoms with van der Waals surface area (Å²) in [5.74, 6) is 0.297. The quantitative estimate of drug-likeness (QED) is 0.285. The lowest BCUT2D eigenvalue weighted by molar-refractivity contribution is 0.0655. The molecule has 0 aliphatic heterocycles. The van der Waals surface area contributed by atoms with Crippen molar-refractivity contribution in [3.05, 3.63) is 24.0 Å². The van der Waals surface area contributed by atoms with E-state index in [1.165, 1.54) is 89.9 Å². The van der Waals surface area contributed by atoms with Gasteiger partial charge in [-0.3, -0.25) is 0 Å². The van der Waals surface area contributed by atoms with E-state index in [2.05, 4.69) is 6.92 Å². The normalized spacial score (nSPS) is 20.0. The molecule has 0 spiro atoms. The fourth-order valence-corrected chi connectivity index (χ4v) is 3.74. The molecule has 146 valence electrons. The van der Waals surface area contributed by atoms with Crippen molar-refractivity contribution >= 4 is 0 Å². The van der Waals surface area contributed by atoms with Gasteiger partial charge in [-0.1, -0.05) is 115 Å². The van der Waals surface area contributed by atoms with E-state index >= 15 is 0 Å². The molecule has 0 fully saturated rings. The highest BCUT2D eigenvalue weighted by molar-refractivity contribution is 5.20. The van der Waals surface area contributed by atoms with Gasteiger partial charge in [0.25, 0.3) is 0 Å². The van der Waals surface area contributed by atoms with Gasteiger partial charge in [0, 0.05) is 6.42 Å². The Balaban J connectivity index is 1.79. The Morgan fingerprint density at radius 2 is 1.20 bits per heavy atom. The number of hydrogen-bond donors (Lipinski definition) is 2. The van der Waals surface area contributed by atoms with Crippen LogP contribution < -0.4 is 0 Å². The predicted octanol–water partition coefficient (Wildman–Crippen LogP) is 7.38. The van der Waals surface area contributed by atoms with Crippen LogP contribution in [0.25, 0.3) is 0 Å². The lowest BCUT2D eigenvalue weighted by Gasteiger charge is -2.26. The van der Waals surface area contributed by atoms with E-state index in [9.17, 15) is 10.2 Å². The van der Waals surface area contributed by atoms with E-state index in [4.69, 9.17) is 0 Å². The summed E-state index contributed by atoms with van der Waals surface area (Å²) in [5.41, 5.74) is -0.810. The van der Waals surface area contributed by atoms with Crippen molar-refractivity contribution in [1.29, 1.82) is 0 Å². The summed E-state index contributed by atoms with van der Waals surface area (Å²) in [6, 6.07) is 0. The van der Waals surface area contributed by atoms with Crippen LogP contribution in [0.2, 0.25) is 0 Å². The molecule has 1 atom stereocenters. The molecule has 0 saturated carbocycles. The average molecular weight is 351 g/mol. The molecule has 0 radical (unpaired) electrons. The number of aliphatic hydroxyl groups is 2. The zero-order valence-electron chi connectivity index (χ0n) is 16.6. The smallest absolute Gasteiger partial charge is 0.0954 e. The zero-order valence-corrected chi connectivity index (χ0v) is 16.6. The Morgan fingerprint density at radius 1 is 0.760 bits per heavy atom. The van der Waals surface area contributed by atoms with E-state index in [0.29, 0.717) is 12.2 Å². The highest BCUT2D eigenvalue weighted by atomic mass is 16.3. The molecule has 2 heteroatoms. The highest BCUT2D eigenvalue weighted by Gasteiger charge is 2.26. The molecule has 1 aliphatic carbocycles. The number of rotatable bonds is 16. The van der Waals surface area contributed by atoms with Gasteiger partial charge in [-0.05, 0) is 12.5 Å². The third kappa shape index (κ3) is 12.3. The van der Waals surface area contributed by atoms with Crippen LogP contribution in [0.1, 0.15) is 116 Å². The predicted molar refractivity (Wildman–Crippen MR) is 109 cm³/mol. The van der Waals surface area contributed by atoms with Crippen molar-refractivity contribution in [3.8, 4) is 0 Å². The van der Waals surface area contributed by atoms with Gasteiger partial charge in [0.05, 0.1) is 11.4 Å². The van der Waals surface area contributed by atoms with Crippen molar-refractivity contribution in [2.24, 2.45) is 0 Å². The number of aliphatic hydroxyl groups excluding tert-OH is 1. The van der Waals surface area contributed by atoms with Crippen LogP contribution in [-0.2, 0) is 0 Å². The summed E-state index contributed by atoms with van der Waals surface area (Å²) in [6.45, 7) is 2.28. The number of allylic oxidation sites excluding steroid dienone is 2. The maximum atomic E-state index is 10.4. The van der Waals surface area contributed by atoms with Crippen LogP contribution in [-0.4, -0.2) is 15.8 Å². The first-order valence-corrected chi connectivity index (χ1v) is 11.0. The van der Waals surface area contributed by atoms with Gasteiger partial charge in [-0.15, -0.1) is 0 Å². The maximum Gasteiger partial charge on any atom is 0.0954 e. The monoisotopic (exact) mass is 350 g/mol. The Hall–Kier alpha value is -0.760. The van der Waals surface area contributed by atoms with E-state index < -0.39 is 5.60 Å². The lowest BCUT2D eigenvalue weighted by Crippen LogP contribution is -2.27. The molecule has 0 heterocycles. The summed E-state index contributed by atoms with van der Waals surface area (Å²) < 4.78 is 0. The topological polar surface area (TPSA) is 40.5 Å². The number of hydrogen-bond acceptors (Lipinski definition) is 2. The van der Waals surface area contributed by atoms with Crippen LogP contribution in [0.4, 0.5) is 0 Å². The summed E-state index contributed by atoms with van der Waals surface area (Å²) in [6.07, 6.45) is 26.8. The van der Waals surface area contributed by atoms with Crippen molar-refractivity contribution < 1.29 is 10.2 Å². The fraction of sp³-hybridized carbons (Fsp3) is 0.826. The summed E-state index contributed by atoms with van der Waals surface area (Å²) >= 11 is 0. The lowest BCUT2D eigenvalue weighted by atomic mass is 9.88. The van der Waals surface area contributed by atoms with Gasteiger partial charge in [0.15, 0.2) is 0 Å². The van der Waals surface area contributed by atoms with Crippen LogP contribution in [0.15, 0.2) is 24.0 Å². The fourth-order valence-electron chi connectivity index (χ4n) is 3.74. The molecule has 1 unspecified atom stereocenters. The van der Waals surface area contributed by atoms with Crippen LogP contribution in [0.3, 0.4) is 0 Å². The summed E-state index contributed by atoms with van der Waals surface area (Å²) in [4.78, 5) is 0. The molecule has 0 amide bonds. The van der Waals surface area contributed by atoms with Crippen LogP contribution in [0, 0.1) is 0 Å². The molecule has 2 N–H and O–H groups in total. The van der Waals surface area contributed by atoms with Gasteiger partial charge >= 0.3 is 0 Å². The van der Waals surface area contributed by atoms with Gasteiger partial charge < -0.3 is 10.2 Å². The standard InChI is InChI=1S/C23H42O2/c1-2-3-4-5-6-7-8-9-10-11-12-13-14-15-16-19-23(25)20-17-18-22(24)21-23/h17-18,20,24-25H,2-16,19,21H2,1H3. The van der Waals surface area contributed by atoms with Crippen molar-refractivity contribution in [3.63, 3.8) is 0 Å². The third-order valence-corrected chi connectivity index (χ3v) is 5.40. The molecule has 2 nitrogen and oxygen atoms in total. The van der Waals surface area contributed by atoms with Crippen LogP contribution >= 0.6 is 0 Å². The first kappa shape index (κ1) is 22.3. The second-order valence-corrected chi connectivity index (χ2v) is 8.00. The molecule has 25 heavy (non-hydrogen) atoms. The molecule has 0 aromatic carbocycles. The molecule has 0 aromatic heterocycles. The van der Waals surface area contributed by atoms with E-state index in [0.717, 1.165) is 12.8 Å². The Kier molecular flexibility index (Phi) is 12.8. The molecule has 1 rings (SSSR count). The largest absolute Gasteiger partial charge is 0.512 e. The van der Waals surface area contributed by atoms with E-state index in [1.54, 1.807) is 12.2 Å². The van der Waals surface area contributed by atoms with Crippen molar-refractivity contribution in [2.45, 2.75) is 122 Å². The SMILES string of the molecule is CCCCCCCCCCCCCCCCCC1(O)C=CC=C(O)C1. The third-order valence-electron chi connectivity index (χ3n) is 5.40. The molecular formula is C23H42O2. The minimum Gasteiger partial charge on any atom is -0.512 e. The zero-order chi connectivity index (χ0) is 18.2. The molecule has 1 aliphatic rings. The molecule has 0 bridgehead atoms.